The number of alkyl halides is 1. The molecular formula is C11H11F2N3O3S. The van der Waals surface area contributed by atoms with Gasteiger partial charge in [0.1, 0.15) is 6.10 Å². The number of nitrogen functional groups attached to an aromatic ring is 1. The molecular weight excluding hydrogens is 292 g/mol. The van der Waals surface area contributed by atoms with Gasteiger partial charge in [0, 0.05) is 6.20 Å². The van der Waals surface area contributed by atoms with Crippen molar-refractivity contribution in [3.63, 3.8) is 0 Å². The molecule has 0 aromatic carbocycles. The van der Waals surface area contributed by atoms with Crippen LogP contribution in [0.5, 0.6) is 0 Å². The minimum Gasteiger partial charge on any atom is -0.392 e. The maximum absolute atomic E-state index is 14.1. The molecule has 0 amide bonds. The summed E-state index contributed by atoms with van der Waals surface area (Å²) in [6.45, 7) is -0.806. The first kappa shape index (κ1) is 14.8. The van der Waals surface area contributed by atoms with Crippen molar-refractivity contribution in [3.05, 3.63) is 16.8 Å². The highest BCUT2D eigenvalue weighted by Crippen LogP contribution is 2.38. The second-order valence-corrected chi connectivity index (χ2v) is 4.62. The zero-order valence-corrected chi connectivity index (χ0v) is 10.8. The molecule has 9 heteroatoms. The average Bonchev–Trinajstić information content (AvgIpc) is 2.68. The van der Waals surface area contributed by atoms with E-state index in [9.17, 15) is 19.0 Å². The highest BCUT2D eigenvalue weighted by atomic mass is 32.1. The second-order valence-electron chi connectivity index (χ2n) is 4.25. The normalized spacial score (nSPS) is 33.0. The van der Waals surface area contributed by atoms with E-state index in [2.05, 4.69) is 4.98 Å². The number of ether oxygens (including phenoxy) is 1. The average molecular weight is 303 g/mol. The van der Waals surface area contributed by atoms with Crippen molar-refractivity contribution in [1.29, 1.82) is 0 Å². The van der Waals surface area contributed by atoms with Crippen LogP contribution in [0.4, 0.5) is 14.6 Å². The van der Waals surface area contributed by atoms with Crippen LogP contribution in [0, 0.1) is 22.9 Å². The Labute approximate surface area is 117 Å². The number of hydrogen-bond acceptors (Lipinski definition) is 6. The summed E-state index contributed by atoms with van der Waals surface area (Å²) < 4.78 is 33.3. The Morgan fingerprint density at radius 1 is 1.70 bits per heavy atom. The smallest absolute Gasteiger partial charge is 0.203 e. The van der Waals surface area contributed by atoms with Crippen LogP contribution in [-0.2, 0) is 4.74 Å². The fourth-order valence-electron chi connectivity index (χ4n) is 1.91. The first-order valence-electron chi connectivity index (χ1n) is 5.49. The lowest BCUT2D eigenvalue weighted by Gasteiger charge is -2.23. The number of hydrogen-bond donors (Lipinski definition) is 3. The minimum absolute atomic E-state index is 0.241. The first-order valence-corrected chi connectivity index (χ1v) is 5.90. The van der Waals surface area contributed by atoms with Gasteiger partial charge >= 0.3 is 0 Å². The van der Waals surface area contributed by atoms with E-state index in [4.69, 9.17) is 29.1 Å². The van der Waals surface area contributed by atoms with E-state index < -0.39 is 42.3 Å². The van der Waals surface area contributed by atoms with Crippen molar-refractivity contribution in [2.24, 2.45) is 0 Å². The number of anilines is 1. The first-order chi connectivity index (χ1) is 9.36. The van der Waals surface area contributed by atoms with Crippen LogP contribution in [0.15, 0.2) is 6.20 Å². The van der Waals surface area contributed by atoms with Gasteiger partial charge in [-0.2, -0.15) is 4.98 Å². The van der Waals surface area contributed by atoms with Gasteiger partial charge in [0.2, 0.25) is 4.77 Å². The predicted octanol–water partition coefficient (Wildman–Crippen LogP) is -0.0740. The minimum atomic E-state index is -2.02. The van der Waals surface area contributed by atoms with Crippen LogP contribution in [-0.4, -0.2) is 44.2 Å². The molecule has 2 heterocycles. The molecule has 0 spiro atoms. The Hall–Kier alpha value is -1.60. The Morgan fingerprint density at radius 2 is 2.35 bits per heavy atom. The molecule has 6 nitrogen and oxygen atoms in total. The molecule has 0 saturated carbocycles. The Morgan fingerprint density at radius 3 is 2.85 bits per heavy atom. The fourth-order valence-corrected chi connectivity index (χ4v) is 2.16. The molecule has 1 aromatic heterocycles. The van der Waals surface area contributed by atoms with Crippen LogP contribution in [0.25, 0.3) is 0 Å². The molecule has 1 saturated heterocycles. The van der Waals surface area contributed by atoms with Crippen LogP contribution < -0.4 is 5.73 Å². The van der Waals surface area contributed by atoms with Gasteiger partial charge in [-0.15, -0.1) is 6.42 Å². The lowest BCUT2D eigenvalue weighted by Crippen LogP contribution is -2.44. The molecule has 20 heavy (non-hydrogen) atoms. The largest absolute Gasteiger partial charge is 0.392 e. The van der Waals surface area contributed by atoms with Gasteiger partial charge in [0.15, 0.2) is 29.6 Å². The van der Waals surface area contributed by atoms with Crippen molar-refractivity contribution in [2.75, 3.05) is 12.3 Å². The number of terminal acetylenes is 1. The van der Waals surface area contributed by atoms with E-state index in [-0.39, 0.29) is 4.77 Å². The van der Waals surface area contributed by atoms with E-state index >= 15 is 0 Å². The summed E-state index contributed by atoms with van der Waals surface area (Å²) in [5, 5.41) is 19.0. The summed E-state index contributed by atoms with van der Waals surface area (Å²) in [6, 6.07) is 0. The van der Waals surface area contributed by atoms with Gasteiger partial charge in [0.05, 0.1) is 6.61 Å². The van der Waals surface area contributed by atoms with Crippen molar-refractivity contribution < 1.29 is 23.7 Å². The number of nitrogens with zero attached hydrogens (tertiary/aromatic N) is 2. The third-order valence-electron chi connectivity index (χ3n) is 3.07. The molecule has 2 rings (SSSR count). The van der Waals surface area contributed by atoms with Gasteiger partial charge in [-0.1, -0.05) is 5.92 Å². The Kier molecular flexibility index (Phi) is 3.75. The maximum Gasteiger partial charge on any atom is 0.203 e. The van der Waals surface area contributed by atoms with Gasteiger partial charge < -0.3 is 20.7 Å². The summed E-state index contributed by atoms with van der Waals surface area (Å²) in [5.41, 5.74) is 3.31. The number of aliphatic hydroxyl groups excluding tert-OH is 2. The molecule has 4 N–H and O–H groups in total. The topological polar surface area (TPSA) is 93.5 Å². The summed E-state index contributed by atoms with van der Waals surface area (Å²) in [7, 11) is 0. The molecule has 1 unspecified atom stereocenters. The van der Waals surface area contributed by atoms with Crippen molar-refractivity contribution in [2.45, 2.75) is 24.1 Å². The van der Waals surface area contributed by atoms with Crippen LogP contribution in [0.2, 0.25) is 0 Å². The van der Waals surface area contributed by atoms with Gasteiger partial charge in [-0.3, -0.25) is 4.57 Å². The van der Waals surface area contributed by atoms with Crippen LogP contribution in [0.1, 0.15) is 6.23 Å². The van der Waals surface area contributed by atoms with Crippen molar-refractivity contribution in [3.8, 4) is 12.3 Å². The quantitative estimate of drug-likeness (QED) is 0.523. The lowest BCUT2D eigenvalue weighted by molar-refractivity contribution is -0.0919. The second kappa shape index (κ2) is 5.06. The Bertz CT molecular complexity index is 632. The van der Waals surface area contributed by atoms with Crippen LogP contribution in [0.3, 0.4) is 0 Å². The van der Waals surface area contributed by atoms with Gasteiger partial charge in [0.25, 0.3) is 0 Å². The summed E-state index contributed by atoms with van der Waals surface area (Å²) in [5.74, 6) is 0.640. The summed E-state index contributed by atoms with van der Waals surface area (Å²) in [4.78, 5) is 3.51. The standard InChI is InChI=1S/C11H11F2N3O3S/c1-2-11(4-17)7(18)6(13)9(19-11)16-3-5(12)8(14)15-10(16)20/h1,3,6-7,9,17-18H,4H2,(H2,14,15,20)/t6-,7?,9+,11+/m0/s1. The molecule has 1 aliphatic heterocycles. The molecule has 1 aromatic rings. The fraction of sp³-hybridized carbons (Fsp3) is 0.455. The zero-order valence-electron chi connectivity index (χ0n) is 10.0. The van der Waals surface area contributed by atoms with E-state index in [0.717, 1.165) is 10.8 Å². The van der Waals surface area contributed by atoms with E-state index in [1.54, 1.807) is 0 Å². The van der Waals surface area contributed by atoms with Crippen molar-refractivity contribution >= 4 is 18.0 Å². The summed E-state index contributed by atoms with van der Waals surface area (Å²) >= 11 is 4.84. The third-order valence-corrected chi connectivity index (χ3v) is 3.37. The third kappa shape index (κ3) is 2.06. The lowest BCUT2D eigenvalue weighted by atomic mass is 9.98. The van der Waals surface area contributed by atoms with E-state index in [1.165, 1.54) is 0 Å². The van der Waals surface area contributed by atoms with Crippen molar-refractivity contribution in [1.82, 2.24) is 9.55 Å². The van der Waals surface area contributed by atoms with Gasteiger partial charge in [-0.25, -0.2) is 8.78 Å². The van der Waals surface area contributed by atoms with E-state index in [0.29, 0.717) is 0 Å². The monoisotopic (exact) mass is 303 g/mol. The predicted molar refractivity (Wildman–Crippen MR) is 67.1 cm³/mol. The molecule has 4 atom stereocenters. The molecule has 108 valence electrons. The van der Waals surface area contributed by atoms with E-state index in [1.807, 2.05) is 5.92 Å². The number of rotatable bonds is 2. The zero-order chi connectivity index (χ0) is 15.1. The SMILES string of the molecule is C#C[C@]1(CO)O[C@@H](n2cc(F)c(N)nc2=S)[C@@H](F)C1O. The highest BCUT2D eigenvalue weighted by molar-refractivity contribution is 7.71. The summed E-state index contributed by atoms with van der Waals surface area (Å²) in [6.07, 6.45) is 0.645. The molecule has 1 aliphatic rings. The van der Waals surface area contributed by atoms with Gasteiger partial charge in [-0.05, 0) is 12.2 Å². The molecule has 0 radical (unpaired) electrons. The molecule has 0 aliphatic carbocycles. The molecule has 0 bridgehead atoms. The number of aromatic nitrogens is 2. The van der Waals surface area contributed by atoms with Crippen LogP contribution >= 0.6 is 12.2 Å². The number of nitrogens with two attached hydrogens (primary N) is 1. The highest BCUT2D eigenvalue weighted by Gasteiger charge is 2.55. The maximum atomic E-state index is 14.1. The Balaban J connectivity index is 2.48. The molecule has 1 fully saturated rings. The number of aliphatic hydroxyl groups is 2. The number of halogens is 2.